The van der Waals surface area contributed by atoms with Crippen molar-refractivity contribution in [2.75, 3.05) is 13.2 Å². The Kier molecular flexibility index (Phi) is 2.64. The highest BCUT2D eigenvalue weighted by molar-refractivity contribution is 6.06. The highest BCUT2D eigenvalue weighted by Crippen LogP contribution is 2.32. The second-order valence-electron chi connectivity index (χ2n) is 5.66. The number of benzene rings is 1. The van der Waals surface area contributed by atoms with E-state index in [4.69, 9.17) is 4.74 Å². The molecule has 1 aromatic carbocycles. The number of ketones is 1. The lowest BCUT2D eigenvalue weighted by atomic mass is 9.90. The Morgan fingerprint density at radius 1 is 1.14 bits per heavy atom. The molecule has 1 aromatic heterocycles. The van der Waals surface area contributed by atoms with Crippen LogP contribution in [0.15, 0.2) is 42.6 Å². The molecule has 0 bridgehead atoms. The van der Waals surface area contributed by atoms with E-state index in [1.165, 1.54) is 0 Å². The third-order valence-electron chi connectivity index (χ3n) is 4.19. The zero-order valence-electron chi connectivity index (χ0n) is 11.5. The second kappa shape index (κ2) is 4.41. The monoisotopic (exact) mass is 281 g/mol. The van der Waals surface area contributed by atoms with Crippen molar-refractivity contribution in [2.24, 2.45) is 0 Å². The summed E-state index contributed by atoms with van der Waals surface area (Å²) < 4.78 is 6.94. The summed E-state index contributed by atoms with van der Waals surface area (Å²) >= 11 is 0. The van der Waals surface area contributed by atoms with Gasteiger partial charge in [-0.2, -0.15) is 0 Å². The van der Waals surface area contributed by atoms with Gasteiger partial charge in [0.1, 0.15) is 5.60 Å². The number of allylic oxidation sites excluding steroid dienone is 1. The molecule has 106 valence electrons. The largest absolute Gasteiger partial charge is 0.380 e. The first-order chi connectivity index (χ1) is 10.2. The summed E-state index contributed by atoms with van der Waals surface area (Å²) in [5.41, 5.74) is 2.75. The quantitative estimate of drug-likeness (QED) is 0.919. The van der Waals surface area contributed by atoms with Gasteiger partial charge in [-0.1, -0.05) is 24.3 Å². The smallest absolute Gasteiger partial charge is 0.183 e. The predicted molar refractivity (Wildman–Crippen MR) is 78.7 cm³/mol. The molecule has 0 amide bonds. The molecule has 21 heavy (non-hydrogen) atoms. The topological polar surface area (TPSA) is 51.5 Å². The molecule has 0 radical (unpaired) electrons. The van der Waals surface area contributed by atoms with Gasteiger partial charge in [0.2, 0.25) is 0 Å². The van der Waals surface area contributed by atoms with E-state index in [1.807, 2.05) is 53.4 Å². The van der Waals surface area contributed by atoms with Gasteiger partial charge in [-0.3, -0.25) is 4.79 Å². The van der Waals surface area contributed by atoms with E-state index in [1.54, 1.807) is 0 Å². The maximum atomic E-state index is 12.1. The van der Waals surface area contributed by atoms with Gasteiger partial charge in [-0.15, -0.1) is 0 Å². The molecule has 1 saturated heterocycles. The van der Waals surface area contributed by atoms with E-state index >= 15 is 0 Å². The molecule has 0 aliphatic carbocycles. The minimum atomic E-state index is -0.844. The molecule has 4 nitrogen and oxygen atoms in total. The molecule has 0 atom stereocenters. The lowest BCUT2D eigenvalue weighted by molar-refractivity contribution is -0.184. The Balaban J connectivity index is 1.67. The summed E-state index contributed by atoms with van der Waals surface area (Å²) in [6.45, 7) is 0.695. The van der Waals surface area contributed by atoms with E-state index in [-0.39, 0.29) is 5.78 Å². The van der Waals surface area contributed by atoms with Crippen LogP contribution in [0.3, 0.4) is 0 Å². The summed E-state index contributed by atoms with van der Waals surface area (Å²) in [4.78, 5) is 12.1. The van der Waals surface area contributed by atoms with Gasteiger partial charge in [-0.25, -0.2) is 0 Å². The molecule has 4 rings (SSSR count). The summed E-state index contributed by atoms with van der Waals surface area (Å²) in [6, 6.07) is 11.5. The van der Waals surface area contributed by atoms with Crippen LogP contribution in [-0.4, -0.2) is 28.7 Å². The van der Waals surface area contributed by atoms with Gasteiger partial charge in [-0.05, 0) is 28.8 Å². The molecular formula is C17H15NO3. The SMILES string of the molecule is O=C1CC(c2ccc(C3(O)COC3)cc2)=Cn2cccc21. The maximum absolute atomic E-state index is 12.1. The van der Waals surface area contributed by atoms with Crippen molar-refractivity contribution in [3.8, 4) is 0 Å². The van der Waals surface area contributed by atoms with Crippen LogP contribution in [0.25, 0.3) is 11.8 Å². The van der Waals surface area contributed by atoms with E-state index in [2.05, 4.69) is 0 Å². The number of ether oxygens (including phenoxy) is 1. The number of aromatic nitrogens is 1. The summed E-state index contributed by atoms with van der Waals surface area (Å²) in [5.74, 6) is 0.132. The van der Waals surface area contributed by atoms with Crippen molar-refractivity contribution in [3.63, 3.8) is 0 Å². The number of rotatable bonds is 2. The first-order valence-electron chi connectivity index (χ1n) is 6.97. The molecular weight excluding hydrogens is 266 g/mol. The highest BCUT2D eigenvalue weighted by Gasteiger charge is 2.37. The average Bonchev–Trinajstić information content (AvgIpc) is 2.94. The second-order valence-corrected chi connectivity index (χ2v) is 5.66. The fraction of sp³-hybridized carbons (Fsp3) is 0.235. The van der Waals surface area contributed by atoms with Gasteiger partial charge >= 0.3 is 0 Å². The Morgan fingerprint density at radius 3 is 2.57 bits per heavy atom. The summed E-state index contributed by atoms with van der Waals surface area (Å²) in [7, 11) is 0. The molecule has 0 saturated carbocycles. The van der Waals surface area contributed by atoms with Gasteiger partial charge in [0, 0.05) is 18.8 Å². The number of Topliss-reactive ketones (excluding diaryl/α,β-unsaturated/α-hetero) is 1. The number of fused-ring (bicyclic) bond motifs is 1. The molecule has 2 aliphatic rings. The lowest BCUT2D eigenvalue weighted by Crippen LogP contribution is -2.46. The first-order valence-corrected chi connectivity index (χ1v) is 6.97. The average molecular weight is 281 g/mol. The van der Waals surface area contributed by atoms with Gasteiger partial charge in [0.15, 0.2) is 5.78 Å². The van der Waals surface area contributed by atoms with E-state index in [9.17, 15) is 9.90 Å². The van der Waals surface area contributed by atoms with E-state index < -0.39 is 5.60 Å². The van der Waals surface area contributed by atoms with Crippen LogP contribution in [-0.2, 0) is 10.3 Å². The van der Waals surface area contributed by atoms with Crippen LogP contribution in [0.2, 0.25) is 0 Å². The van der Waals surface area contributed by atoms with Crippen molar-refractivity contribution in [1.29, 1.82) is 0 Å². The Morgan fingerprint density at radius 2 is 1.90 bits per heavy atom. The van der Waals surface area contributed by atoms with Gasteiger partial charge in [0.25, 0.3) is 0 Å². The Hall–Kier alpha value is -2.17. The normalized spacial score (nSPS) is 19.7. The third-order valence-corrected chi connectivity index (χ3v) is 4.19. The zero-order valence-corrected chi connectivity index (χ0v) is 11.5. The third kappa shape index (κ3) is 1.95. The number of nitrogens with zero attached hydrogens (tertiary/aromatic N) is 1. The zero-order chi connectivity index (χ0) is 14.4. The Bertz CT molecular complexity index is 736. The number of aliphatic hydroxyl groups is 1. The molecule has 0 spiro atoms. The van der Waals surface area contributed by atoms with E-state index in [0.717, 1.165) is 22.4 Å². The maximum Gasteiger partial charge on any atom is 0.183 e. The van der Waals surface area contributed by atoms with Crippen LogP contribution in [0.5, 0.6) is 0 Å². The number of carbonyl (C=O) groups excluding carboxylic acids is 1. The standard InChI is InChI=1S/C17H15NO3/c19-16-8-13(9-18-7-1-2-15(16)18)12-3-5-14(6-4-12)17(20)10-21-11-17/h1-7,9,20H,8,10-11H2. The summed E-state index contributed by atoms with van der Waals surface area (Å²) in [6.07, 6.45) is 4.29. The number of hydrogen-bond acceptors (Lipinski definition) is 3. The lowest BCUT2D eigenvalue weighted by Gasteiger charge is -2.36. The van der Waals surface area contributed by atoms with Crippen molar-refractivity contribution in [1.82, 2.24) is 4.57 Å². The van der Waals surface area contributed by atoms with E-state index in [0.29, 0.717) is 19.6 Å². The van der Waals surface area contributed by atoms with Gasteiger partial charge in [0.05, 0.1) is 18.9 Å². The van der Waals surface area contributed by atoms with Crippen LogP contribution in [0.1, 0.15) is 28.0 Å². The minimum Gasteiger partial charge on any atom is -0.380 e. The van der Waals surface area contributed by atoms with Crippen LogP contribution in [0, 0.1) is 0 Å². The molecule has 2 aromatic rings. The predicted octanol–water partition coefficient (Wildman–Crippen LogP) is 2.29. The van der Waals surface area contributed by atoms with Crippen molar-refractivity contribution >= 4 is 17.6 Å². The first kappa shape index (κ1) is 12.6. The fourth-order valence-corrected chi connectivity index (χ4v) is 2.85. The minimum absolute atomic E-state index is 0.132. The number of carbonyl (C=O) groups is 1. The molecule has 3 heterocycles. The molecule has 0 unspecified atom stereocenters. The van der Waals surface area contributed by atoms with Crippen molar-refractivity contribution < 1.29 is 14.6 Å². The molecule has 2 aliphatic heterocycles. The molecule has 1 fully saturated rings. The van der Waals surface area contributed by atoms with Crippen LogP contribution in [0.4, 0.5) is 0 Å². The summed E-state index contributed by atoms with van der Waals surface area (Å²) in [5, 5.41) is 10.2. The van der Waals surface area contributed by atoms with Crippen LogP contribution >= 0.6 is 0 Å². The Labute approximate surface area is 122 Å². The van der Waals surface area contributed by atoms with Crippen LogP contribution < -0.4 is 0 Å². The molecule has 1 N–H and O–H groups in total. The van der Waals surface area contributed by atoms with Gasteiger partial charge < -0.3 is 14.4 Å². The number of hydrogen-bond donors (Lipinski definition) is 1. The fourth-order valence-electron chi connectivity index (χ4n) is 2.85. The highest BCUT2D eigenvalue weighted by atomic mass is 16.5. The van der Waals surface area contributed by atoms with Crippen molar-refractivity contribution in [3.05, 3.63) is 59.4 Å². The van der Waals surface area contributed by atoms with Crippen molar-refractivity contribution in [2.45, 2.75) is 12.0 Å². The molecule has 4 heteroatoms.